The molecule has 1 aromatic rings. The predicted octanol–water partition coefficient (Wildman–Crippen LogP) is 1.35. The van der Waals surface area contributed by atoms with E-state index in [1.807, 2.05) is 0 Å². The summed E-state index contributed by atoms with van der Waals surface area (Å²) in [7, 11) is 0.950. The molecule has 6 heteroatoms. The molecule has 1 rings (SSSR count). The van der Waals surface area contributed by atoms with Crippen molar-refractivity contribution in [1.82, 2.24) is 0 Å². The van der Waals surface area contributed by atoms with Gasteiger partial charge in [-0.15, -0.1) is 0 Å². The highest BCUT2D eigenvalue weighted by Crippen LogP contribution is 2.23. The summed E-state index contributed by atoms with van der Waals surface area (Å²) in [6, 6.07) is 1.95. The van der Waals surface area contributed by atoms with Crippen molar-refractivity contribution in [2.24, 2.45) is 0 Å². The average Bonchev–Trinajstić information content (AvgIpc) is 2.21. The Kier molecular flexibility index (Phi) is 3.55. The lowest BCUT2D eigenvalue weighted by Gasteiger charge is -2.05. The molecule has 0 aliphatic heterocycles. The molecule has 0 unspecified atom stereocenters. The second-order valence-electron chi connectivity index (χ2n) is 2.94. The SMILES string of the molecule is COC(=O)C(=O)Oc1c(F)cc(C)cc1F. The molecule has 0 spiro atoms. The van der Waals surface area contributed by atoms with Crippen LogP contribution in [0, 0.1) is 18.6 Å². The average molecular weight is 230 g/mol. The maximum atomic E-state index is 13.2. The number of halogens is 2. The Morgan fingerprint density at radius 1 is 1.12 bits per heavy atom. The maximum absolute atomic E-state index is 13.2. The first kappa shape index (κ1) is 12.1. The number of carbonyl (C=O) groups is 2. The highest BCUT2D eigenvalue weighted by Gasteiger charge is 2.21. The quantitative estimate of drug-likeness (QED) is 0.415. The molecule has 1 aromatic carbocycles. The van der Waals surface area contributed by atoms with Crippen LogP contribution in [-0.4, -0.2) is 19.0 Å². The van der Waals surface area contributed by atoms with Gasteiger partial charge in [0.2, 0.25) is 5.75 Å². The fourth-order valence-electron chi connectivity index (χ4n) is 1.00. The first-order valence-corrected chi connectivity index (χ1v) is 4.21. The lowest BCUT2D eigenvalue weighted by Crippen LogP contribution is -2.22. The number of ether oxygens (including phenoxy) is 2. The zero-order valence-electron chi connectivity index (χ0n) is 8.54. The molecule has 0 radical (unpaired) electrons. The van der Waals surface area contributed by atoms with Crippen molar-refractivity contribution in [3.63, 3.8) is 0 Å². The third-order valence-electron chi connectivity index (χ3n) is 1.69. The van der Waals surface area contributed by atoms with E-state index in [2.05, 4.69) is 9.47 Å². The van der Waals surface area contributed by atoms with Crippen LogP contribution < -0.4 is 4.74 Å². The lowest BCUT2D eigenvalue weighted by molar-refractivity contribution is -0.160. The van der Waals surface area contributed by atoms with Crippen LogP contribution in [0.1, 0.15) is 5.56 Å². The summed E-state index contributed by atoms with van der Waals surface area (Å²) in [6.07, 6.45) is 0. The van der Waals surface area contributed by atoms with Gasteiger partial charge in [-0.1, -0.05) is 0 Å². The maximum Gasteiger partial charge on any atom is 0.423 e. The van der Waals surface area contributed by atoms with Gasteiger partial charge in [-0.3, -0.25) is 0 Å². The fraction of sp³-hybridized carbons (Fsp3) is 0.200. The molecular weight excluding hydrogens is 222 g/mol. The third-order valence-corrected chi connectivity index (χ3v) is 1.69. The topological polar surface area (TPSA) is 52.6 Å². The number of rotatable bonds is 1. The Balaban J connectivity index is 2.98. The van der Waals surface area contributed by atoms with E-state index in [0.29, 0.717) is 5.56 Å². The van der Waals surface area contributed by atoms with Crippen LogP contribution >= 0.6 is 0 Å². The van der Waals surface area contributed by atoms with E-state index in [1.165, 1.54) is 6.92 Å². The van der Waals surface area contributed by atoms with Crippen molar-refractivity contribution in [3.8, 4) is 5.75 Å². The summed E-state index contributed by atoms with van der Waals surface area (Å²) >= 11 is 0. The van der Waals surface area contributed by atoms with E-state index in [4.69, 9.17) is 0 Å². The number of hydrogen-bond donors (Lipinski definition) is 0. The number of benzene rings is 1. The molecule has 0 saturated heterocycles. The molecule has 0 N–H and O–H groups in total. The van der Waals surface area contributed by atoms with Crippen LogP contribution in [0.25, 0.3) is 0 Å². The summed E-state index contributed by atoms with van der Waals surface area (Å²) < 4.78 is 34.6. The number of hydrogen-bond acceptors (Lipinski definition) is 4. The van der Waals surface area contributed by atoms with Gasteiger partial charge in [0.1, 0.15) is 0 Å². The van der Waals surface area contributed by atoms with Gasteiger partial charge in [-0.2, -0.15) is 0 Å². The van der Waals surface area contributed by atoms with E-state index >= 15 is 0 Å². The summed E-state index contributed by atoms with van der Waals surface area (Å²) in [5.74, 6) is -5.85. The van der Waals surface area contributed by atoms with Crippen LogP contribution in [0.4, 0.5) is 8.78 Å². The molecule has 0 aliphatic rings. The van der Waals surface area contributed by atoms with Gasteiger partial charge < -0.3 is 9.47 Å². The van der Waals surface area contributed by atoms with E-state index in [-0.39, 0.29) is 0 Å². The zero-order chi connectivity index (χ0) is 12.3. The fourth-order valence-corrected chi connectivity index (χ4v) is 1.00. The standard InChI is InChI=1S/C10H8F2O4/c1-5-3-6(11)8(7(12)4-5)16-10(14)9(13)15-2/h3-4H,1-2H3. The van der Waals surface area contributed by atoms with Crippen molar-refractivity contribution in [2.45, 2.75) is 6.92 Å². The van der Waals surface area contributed by atoms with E-state index in [1.54, 1.807) is 0 Å². The van der Waals surface area contributed by atoms with Crippen molar-refractivity contribution >= 4 is 11.9 Å². The van der Waals surface area contributed by atoms with Crippen molar-refractivity contribution in [2.75, 3.05) is 7.11 Å². The van der Waals surface area contributed by atoms with Crippen LogP contribution in [0.3, 0.4) is 0 Å². The Morgan fingerprint density at radius 3 is 2.06 bits per heavy atom. The Morgan fingerprint density at radius 2 is 1.62 bits per heavy atom. The Labute approximate surface area is 89.8 Å². The van der Waals surface area contributed by atoms with Crippen molar-refractivity contribution < 1.29 is 27.8 Å². The monoisotopic (exact) mass is 230 g/mol. The molecule has 0 aromatic heterocycles. The van der Waals surface area contributed by atoms with E-state index in [9.17, 15) is 18.4 Å². The normalized spacial score (nSPS) is 9.75. The molecule has 16 heavy (non-hydrogen) atoms. The summed E-state index contributed by atoms with van der Waals surface area (Å²) in [4.78, 5) is 21.6. The van der Waals surface area contributed by atoms with Crippen molar-refractivity contribution in [1.29, 1.82) is 0 Å². The highest BCUT2D eigenvalue weighted by atomic mass is 19.1. The summed E-state index contributed by atoms with van der Waals surface area (Å²) in [5, 5.41) is 0. The molecule has 0 heterocycles. The minimum atomic E-state index is -1.48. The third kappa shape index (κ3) is 2.53. The Hall–Kier alpha value is -1.98. The minimum Gasteiger partial charge on any atom is -0.461 e. The minimum absolute atomic E-state index is 0.327. The molecule has 0 atom stereocenters. The van der Waals surface area contributed by atoms with Gasteiger partial charge in [-0.25, -0.2) is 18.4 Å². The number of aryl methyl sites for hydroxylation is 1. The van der Waals surface area contributed by atoms with Crippen LogP contribution in [0.15, 0.2) is 12.1 Å². The molecule has 4 nitrogen and oxygen atoms in total. The molecule has 0 bridgehead atoms. The van der Waals surface area contributed by atoms with E-state index < -0.39 is 29.3 Å². The van der Waals surface area contributed by atoms with Gasteiger partial charge in [0.15, 0.2) is 11.6 Å². The van der Waals surface area contributed by atoms with Gasteiger partial charge in [0, 0.05) is 0 Å². The van der Waals surface area contributed by atoms with Crippen molar-refractivity contribution in [3.05, 3.63) is 29.3 Å². The number of methoxy groups -OCH3 is 1. The van der Waals surface area contributed by atoms with Gasteiger partial charge in [0.25, 0.3) is 0 Å². The first-order valence-electron chi connectivity index (χ1n) is 4.21. The van der Waals surface area contributed by atoms with Gasteiger partial charge in [0.05, 0.1) is 7.11 Å². The predicted molar refractivity (Wildman–Crippen MR) is 48.7 cm³/mol. The second-order valence-corrected chi connectivity index (χ2v) is 2.94. The lowest BCUT2D eigenvalue weighted by atomic mass is 10.2. The van der Waals surface area contributed by atoms with E-state index in [0.717, 1.165) is 19.2 Å². The van der Waals surface area contributed by atoms with Gasteiger partial charge >= 0.3 is 11.9 Å². The highest BCUT2D eigenvalue weighted by molar-refractivity contribution is 6.30. The Bertz CT molecular complexity index is 419. The zero-order valence-corrected chi connectivity index (χ0v) is 8.54. The smallest absolute Gasteiger partial charge is 0.423 e. The second kappa shape index (κ2) is 4.69. The largest absolute Gasteiger partial charge is 0.461 e. The van der Waals surface area contributed by atoms with Crippen LogP contribution in [-0.2, 0) is 14.3 Å². The molecule has 0 saturated carbocycles. The van der Waals surface area contributed by atoms with Crippen LogP contribution in [0.5, 0.6) is 5.75 Å². The molecule has 86 valence electrons. The first-order chi connectivity index (χ1) is 7.45. The number of esters is 2. The summed E-state index contributed by atoms with van der Waals surface area (Å²) in [6.45, 7) is 1.47. The van der Waals surface area contributed by atoms with Gasteiger partial charge in [-0.05, 0) is 24.6 Å². The number of carbonyl (C=O) groups excluding carboxylic acids is 2. The molecule has 0 aliphatic carbocycles. The molecular formula is C10H8F2O4. The van der Waals surface area contributed by atoms with Crippen LogP contribution in [0.2, 0.25) is 0 Å². The summed E-state index contributed by atoms with van der Waals surface area (Å²) in [5.41, 5.74) is 0.327. The molecule has 0 fully saturated rings. The molecule has 0 amide bonds.